The number of carbonyl (C=O) groups is 1. The first kappa shape index (κ1) is 13.6. The highest BCUT2D eigenvalue weighted by atomic mass is 32.2. The van der Waals surface area contributed by atoms with Crippen molar-refractivity contribution in [2.75, 3.05) is 5.73 Å². The van der Waals surface area contributed by atoms with E-state index in [9.17, 15) is 13.2 Å². The van der Waals surface area contributed by atoms with Gasteiger partial charge in [0.1, 0.15) is 4.90 Å². The standard InChI is InChI=1S/C8H9NO4S.H3N/c1-5(10)7-4-6(9)2-3-8(7)14(11,12)13;/h2-4H,9H2,1H3,(H,11,12,13);1H3. The lowest BCUT2D eigenvalue weighted by molar-refractivity contribution is 0.101. The highest BCUT2D eigenvalue weighted by Crippen LogP contribution is 2.18. The fraction of sp³-hybridized carbons (Fsp3) is 0.125. The maximum absolute atomic E-state index is 11.0. The summed E-state index contributed by atoms with van der Waals surface area (Å²) in [6.07, 6.45) is 0. The molecule has 0 atom stereocenters. The van der Waals surface area contributed by atoms with Crippen LogP contribution in [-0.4, -0.2) is 18.8 Å². The molecular weight excluding hydrogens is 220 g/mol. The molecule has 0 saturated carbocycles. The first-order valence-electron chi connectivity index (χ1n) is 3.70. The van der Waals surface area contributed by atoms with Gasteiger partial charge in [-0.15, -0.1) is 0 Å². The third-order valence-corrected chi connectivity index (χ3v) is 2.57. The zero-order valence-electron chi connectivity index (χ0n) is 8.10. The summed E-state index contributed by atoms with van der Waals surface area (Å²) < 4.78 is 30.5. The number of Topliss-reactive ketones (excluding diaryl/α,β-unsaturated/α-hetero) is 1. The average Bonchev–Trinajstić information content (AvgIpc) is 2.01. The molecule has 1 aromatic rings. The molecule has 1 rings (SSSR count). The number of anilines is 1. The van der Waals surface area contributed by atoms with Crippen LogP contribution in [0.25, 0.3) is 0 Å². The van der Waals surface area contributed by atoms with Crippen molar-refractivity contribution in [3.63, 3.8) is 0 Å². The van der Waals surface area contributed by atoms with Crippen molar-refractivity contribution >= 4 is 21.6 Å². The average molecular weight is 232 g/mol. The van der Waals surface area contributed by atoms with Gasteiger partial charge in [0.25, 0.3) is 10.1 Å². The van der Waals surface area contributed by atoms with Gasteiger partial charge in [0.2, 0.25) is 0 Å². The van der Waals surface area contributed by atoms with Crippen LogP contribution in [-0.2, 0) is 10.1 Å². The van der Waals surface area contributed by atoms with Crippen molar-refractivity contribution in [2.45, 2.75) is 11.8 Å². The fourth-order valence-corrected chi connectivity index (χ4v) is 1.77. The van der Waals surface area contributed by atoms with Crippen LogP contribution < -0.4 is 11.9 Å². The summed E-state index contributed by atoms with van der Waals surface area (Å²) >= 11 is 0. The normalized spacial score (nSPS) is 10.5. The van der Waals surface area contributed by atoms with Crippen LogP contribution in [0.15, 0.2) is 23.1 Å². The van der Waals surface area contributed by atoms with Gasteiger partial charge in [0, 0.05) is 11.3 Å². The molecule has 0 radical (unpaired) electrons. The molecule has 7 heteroatoms. The lowest BCUT2D eigenvalue weighted by Crippen LogP contribution is -2.07. The van der Waals surface area contributed by atoms with Crippen LogP contribution in [0.3, 0.4) is 0 Å². The second-order valence-electron chi connectivity index (χ2n) is 2.79. The van der Waals surface area contributed by atoms with Gasteiger partial charge in [-0.1, -0.05) is 0 Å². The number of ketones is 1. The predicted molar refractivity (Wildman–Crippen MR) is 55.7 cm³/mol. The van der Waals surface area contributed by atoms with Gasteiger partial charge in [0.15, 0.2) is 5.78 Å². The summed E-state index contributed by atoms with van der Waals surface area (Å²) in [4.78, 5) is 10.6. The summed E-state index contributed by atoms with van der Waals surface area (Å²) in [6, 6.07) is 3.61. The van der Waals surface area contributed by atoms with Gasteiger partial charge in [-0.25, -0.2) is 0 Å². The first-order valence-corrected chi connectivity index (χ1v) is 5.14. The SMILES string of the molecule is CC(=O)c1cc(N)ccc1S(=O)(=O)O.N. The van der Waals surface area contributed by atoms with Crippen LogP contribution >= 0.6 is 0 Å². The lowest BCUT2D eigenvalue weighted by atomic mass is 10.1. The van der Waals surface area contributed by atoms with E-state index in [0.29, 0.717) is 0 Å². The molecule has 0 fully saturated rings. The molecule has 15 heavy (non-hydrogen) atoms. The third-order valence-electron chi connectivity index (χ3n) is 1.66. The van der Waals surface area contributed by atoms with Crippen LogP contribution in [0.5, 0.6) is 0 Å². The number of rotatable bonds is 2. The predicted octanol–water partition coefficient (Wildman–Crippen LogP) is 0.880. The first-order chi connectivity index (χ1) is 6.32. The minimum Gasteiger partial charge on any atom is -0.399 e. The summed E-state index contributed by atoms with van der Waals surface area (Å²) in [6.45, 7) is 1.20. The number of hydrogen-bond donors (Lipinski definition) is 3. The molecule has 0 heterocycles. The summed E-state index contributed by atoms with van der Waals surface area (Å²) in [7, 11) is -4.37. The Balaban J connectivity index is 0.00000196. The monoisotopic (exact) mass is 232 g/mol. The number of carbonyl (C=O) groups excluding carboxylic acids is 1. The summed E-state index contributed by atoms with van der Waals surface area (Å²) in [5, 5.41) is 0. The Hall–Kier alpha value is -1.44. The maximum atomic E-state index is 11.0. The minimum absolute atomic E-state index is 0. The molecule has 0 amide bonds. The molecule has 0 bridgehead atoms. The number of nitrogens with two attached hydrogens (primary N) is 1. The van der Waals surface area contributed by atoms with Gasteiger partial charge in [-0.05, 0) is 25.1 Å². The molecule has 0 spiro atoms. The van der Waals surface area contributed by atoms with E-state index in [1.807, 2.05) is 0 Å². The molecule has 0 aliphatic heterocycles. The van der Waals surface area contributed by atoms with E-state index in [1.165, 1.54) is 19.1 Å². The van der Waals surface area contributed by atoms with Crippen LogP contribution in [0.4, 0.5) is 5.69 Å². The smallest absolute Gasteiger partial charge is 0.295 e. The molecule has 0 unspecified atom stereocenters. The van der Waals surface area contributed by atoms with Crippen molar-refractivity contribution in [3.05, 3.63) is 23.8 Å². The Morgan fingerprint density at radius 1 is 1.40 bits per heavy atom. The van der Waals surface area contributed by atoms with E-state index in [4.69, 9.17) is 10.3 Å². The van der Waals surface area contributed by atoms with E-state index in [0.717, 1.165) is 6.07 Å². The molecule has 1 aromatic carbocycles. The number of nitrogen functional groups attached to an aromatic ring is 1. The molecule has 6 nitrogen and oxygen atoms in total. The Kier molecular flexibility index (Phi) is 3.97. The van der Waals surface area contributed by atoms with E-state index in [1.54, 1.807) is 0 Å². The quantitative estimate of drug-likeness (QED) is 0.394. The molecule has 6 N–H and O–H groups in total. The molecule has 0 aliphatic carbocycles. The highest BCUT2D eigenvalue weighted by molar-refractivity contribution is 7.86. The Labute approximate surface area is 87.4 Å². The van der Waals surface area contributed by atoms with Crippen LogP contribution in [0, 0.1) is 0 Å². The van der Waals surface area contributed by atoms with Crippen LogP contribution in [0.2, 0.25) is 0 Å². The van der Waals surface area contributed by atoms with E-state index in [2.05, 4.69) is 0 Å². The Morgan fingerprint density at radius 3 is 2.33 bits per heavy atom. The maximum Gasteiger partial charge on any atom is 0.295 e. The fourth-order valence-electron chi connectivity index (χ4n) is 1.05. The third kappa shape index (κ3) is 3.01. The molecule has 0 saturated heterocycles. The molecular formula is C8H12N2O4S. The van der Waals surface area contributed by atoms with Gasteiger partial charge >= 0.3 is 0 Å². The van der Waals surface area contributed by atoms with Crippen molar-refractivity contribution in [1.29, 1.82) is 0 Å². The Bertz CT molecular complexity index is 481. The topological polar surface area (TPSA) is 132 Å². The lowest BCUT2D eigenvalue weighted by Gasteiger charge is -2.04. The highest BCUT2D eigenvalue weighted by Gasteiger charge is 2.17. The number of hydrogen-bond acceptors (Lipinski definition) is 5. The van der Waals surface area contributed by atoms with Gasteiger partial charge in [-0.3, -0.25) is 9.35 Å². The van der Waals surface area contributed by atoms with Gasteiger partial charge < -0.3 is 11.9 Å². The molecule has 0 aliphatic rings. The van der Waals surface area contributed by atoms with Crippen molar-refractivity contribution < 1.29 is 17.8 Å². The summed E-state index contributed by atoms with van der Waals surface area (Å²) in [5.41, 5.74) is 5.54. The summed E-state index contributed by atoms with van der Waals surface area (Å²) in [5.74, 6) is -0.468. The van der Waals surface area contributed by atoms with E-state index in [-0.39, 0.29) is 17.4 Å². The number of benzene rings is 1. The minimum atomic E-state index is -4.37. The van der Waals surface area contributed by atoms with Crippen molar-refractivity contribution in [1.82, 2.24) is 6.15 Å². The Morgan fingerprint density at radius 2 is 1.93 bits per heavy atom. The van der Waals surface area contributed by atoms with Gasteiger partial charge in [-0.2, -0.15) is 8.42 Å². The second kappa shape index (κ2) is 4.39. The van der Waals surface area contributed by atoms with E-state index >= 15 is 0 Å². The van der Waals surface area contributed by atoms with Crippen LogP contribution in [0.1, 0.15) is 17.3 Å². The largest absolute Gasteiger partial charge is 0.399 e. The zero-order chi connectivity index (χ0) is 10.9. The van der Waals surface area contributed by atoms with Crippen molar-refractivity contribution in [2.24, 2.45) is 0 Å². The molecule has 84 valence electrons. The van der Waals surface area contributed by atoms with Gasteiger partial charge in [0.05, 0.1) is 0 Å². The second-order valence-corrected chi connectivity index (χ2v) is 4.18. The van der Waals surface area contributed by atoms with E-state index < -0.39 is 20.8 Å². The zero-order valence-corrected chi connectivity index (χ0v) is 8.91. The molecule has 0 aromatic heterocycles. The van der Waals surface area contributed by atoms with Crippen molar-refractivity contribution in [3.8, 4) is 0 Å².